The molecule has 1 aliphatic rings. The maximum Gasteiger partial charge on any atom is 0.0930 e. The van der Waals surface area contributed by atoms with Crippen LogP contribution in [0.5, 0.6) is 0 Å². The second kappa shape index (κ2) is 5.67. The zero-order valence-corrected chi connectivity index (χ0v) is 13.7. The molecule has 5 heteroatoms. The Morgan fingerprint density at radius 1 is 1.39 bits per heavy atom. The molecule has 0 radical (unpaired) electrons. The Balaban J connectivity index is 1.75. The van der Waals surface area contributed by atoms with Crippen molar-refractivity contribution >= 4 is 50.4 Å². The molecular weight excluding hydrogens is 348 g/mol. The average Bonchev–Trinajstić information content (AvgIpc) is 2.95. The Hall–Kier alpha value is 0.190. The van der Waals surface area contributed by atoms with Gasteiger partial charge in [0.2, 0.25) is 0 Å². The number of hydrogen-bond acceptors (Lipinski definition) is 4. The molecule has 2 aromatic rings. The van der Waals surface area contributed by atoms with Crippen molar-refractivity contribution in [1.82, 2.24) is 0 Å². The van der Waals surface area contributed by atoms with Crippen molar-refractivity contribution in [3.05, 3.63) is 42.2 Å². The summed E-state index contributed by atoms with van der Waals surface area (Å²) in [6, 6.07) is 4.30. The minimum atomic E-state index is -0.351. The summed E-state index contributed by atoms with van der Waals surface area (Å²) in [6.45, 7) is 0. The van der Waals surface area contributed by atoms with Crippen molar-refractivity contribution in [2.45, 2.75) is 24.7 Å². The van der Waals surface area contributed by atoms with Gasteiger partial charge in [-0.25, -0.2) is 0 Å². The Morgan fingerprint density at radius 3 is 3.00 bits per heavy atom. The van der Waals surface area contributed by atoms with Gasteiger partial charge >= 0.3 is 0 Å². The molecule has 1 aliphatic heterocycles. The fourth-order valence-corrected chi connectivity index (χ4v) is 5.94. The van der Waals surface area contributed by atoms with Gasteiger partial charge in [0.15, 0.2) is 0 Å². The summed E-state index contributed by atoms with van der Waals surface area (Å²) in [5.74, 6) is 2.34. The average molecular weight is 361 g/mol. The number of thiophene rings is 2. The van der Waals surface area contributed by atoms with Crippen LogP contribution in [-0.2, 0) is 18.6 Å². The van der Waals surface area contributed by atoms with Crippen molar-refractivity contribution in [3.8, 4) is 0 Å². The number of thioether (sulfide) groups is 1. The first-order valence-corrected chi connectivity index (χ1v) is 9.47. The molecule has 1 nitrogen and oxygen atoms in total. The van der Waals surface area contributed by atoms with Crippen molar-refractivity contribution in [1.29, 1.82) is 0 Å². The van der Waals surface area contributed by atoms with Crippen LogP contribution in [0.1, 0.15) is 26.3 Å². The van der Waals surface area contributed by atoms with Gasteiger partial charge in [0, 0.05) is 36.7 Å². The smallest absolute Gasteiger partial charge is 0.0930 e. The van der Waals surface area contributed by atoms with Crippen molar-refractivity contribution in [3.63, 3.8) is 0 Å². The van der Waals surface area contributed by atoms with E-state index in [1.807, 2.05) is 11.8 Å². The number of aliphatic hydroxyl groups excluding tert-OH is 1. The quantitative estimate of drug-likeness (QED) is 0.860. The molecule has 2 aromatic heterocycles. The predicted octanol–water partition coefficient (Wildman–Crippen LogP) is 4.64. The summed E-state index contributed by atoms with van der Waals surface area (Å²) in [6.07, 6.45) is 1.54. The van der Waals surface area contributed by atoms with E-state index in [2.05, 4.69) is 33.4 Å². The minimum Gasteiger partial charge on any atom is -0.387 e. The van der Waals surface area contributed by atoms with Crippen LogP contribution in [0.4, 0.5) is 0 Å². The van der Waals surface area contributed by atoms with Crippen LogP contribution in [0.25, 0.3) is 0 Å². The molecule has 1 N–H and O–H groups in total. The van der Waals surface area contributed by atoms with Crippen LogP contribution in [0.2, 0.25) is 0 Å². The van der Waals surface area contributed by atoms with Gasteiger partial charge in [0.25, 0.3) is 0 Å². The van der Waals surface area contributed by atoms with E-state index in [4.69, 9.17) is 0 Å². The van der Waals surface area contributed by atoms with Gasteiger partial charge in [-0.2, -0.15) is 11.8 Å². The van der Waals surface area contributed by atoms with Crippen LogP contribution in [0, 0.1) is 0 Å². The van der Waals surface area contributed by atoms with E-state index in [1.54, 1.807) is 22.7 Å². The van der Waals surface area contributed by atoms with Crippen LogP contribution in [-0.4, -0.2) is 10.9 Å². The molecule has 18 heavy (non-hydrogen) atoms. The molecule has 0 fully saturated rings. The molecule has 0 aromatic carbocycles. The fourth-order valence-electron chi connectivity index (χ4n) is 2.09. The molecule has 1 unspecified atom stereocenters. The summed E-state index contributed by atoms with van der Waals surface area (Å²) in [5, 5.41) is 12.4. The zero-order valence-electron chi connectivity index (χ0n) is 9.69. The maximum atomic E-state index is 10.3. The fraction of sp³-hybridized carbons (Fsp3) is 0.385. The van der Waals surface area contributed by atoms with Crippen molar-refractivity contribution in [2.24, 2.45) is 0 Å². The predicted molar refractivity (Wildman–Crippen MR) is 84.9 cm³/mol. The molecule has 0 saturated heterocycles. The second-order valence-electron chi connectivity index (χ2n) is 4.35. The van der Waals surface area contributed by atoms with Gasteiger partial charge in [0.1, 0.15) is 0 Å². The first-order chi connectivity index (χ1) is 8.72. The number of hydrogen-bond donors (Lipinski definition) is 1. The van der Waals surface area contributed by atoms with Gasteiger partial charge in [-0.1, -0.05) is 0 Å². The summed E-state index contributed by atoms with van der Waals surface area (Å²) in [5.41, 5.74) is 1.44. The lowest BCUT2D eigenvalue weighted by Crippen LogP contribution is -1.97. The van der Waals surface area contributed by atoms with E-state index in [-0.39, 0.29) is 6.10 Å². The Kier molecular flexibility index (Phi) is 4.15. The Labute approximate surface area is 127 Å². The summed E-state index contributed by atoms with van der Waals surface area (Å²) >= 11 is 8.94. The van der Waals surface area contributed by atoms with E-state index in [1.165, 1.54) is 27.5 Å². The number of fused-ring (bicyclic) bond motifs is 1. The number of halogens is 1. The third-order valence-corrected chi connectivity index (χ3v) is 7.06. The maximum absolute atomic E-state index is 10.3. The van der Waals surface area contributed by atoms with Crippen LogP contribution in [0.3, 0.4) is 0 Å². The zero-order chi connectivity index (χ0) is 12.5. The van der Waals surface area contributed by atoms with E-state index in [9.17, 15) is 5.11 Å². The monoisotopic (exact) mass is 360 g/mol. The first-order valence-electron chi connectivity index (χ1n) is 5.82. The van der Waals surface area contributed by atoms with E-state index >= 15 is 0 Å². The highest BCUT2D eigenvalue weighted by atomic mass is 79.9. The highest BCUT2D eigenvalue weighted by Gasteiger charge is 2.18. The lowest BCUT2D eigenvalue weighted by Gasteiger charge is -2.08. The molecule has 0 amide bonds. The lowest BCUT2D eigenvalue weighted by atomic mass is 10.1. The number of aliphatic hydroxyl groups is 1. The van der Waals surface area contributed by atoms with E-state index in [0.717, 1.165) is 21.5 Å². The topological polar surface area (TPSA) is 20.2 Å². The summed E-state index contributed by atoms with van der Waals surface area (Å²) in [4.78, 5) is 3.84. The molecule has 0 saturated carbocycles. The van der Waals surface area contributed by atoms with Crippen LogP contribution >= 0.6 is 50.4 Å². The van der Waals surface area contributed by atoms with Gasteiger partial charge in [0.05, 0.1) is 6.10 Å². The standard InChI is InChI=1S/C13H13BrOS3/c14-9-4-10(17-7-9)5-11(15)13-3-8-6-16-2-1-12(8)18-13/h3-4,7,11,15H,1-2,5-6H2. The van der Waals surface area contributed by atoms with E-state index < -0.39 is 0 Å². The van der Waals surface area contributed by atoms with Crippen molar-refractivity contribution in [2.75, 3.05) is 5.75 Å². The first kappa shape index (κ1) is 13.2. The normalized spacial score (nSPS) is 16.6. The summed E-state index contributed by atoms with van der Waals surface area (Å²) in [7, 11) is 0. The molecule has 0 aliphatic carbocycles. The summed E-state index contributed by atoms with van der Waals surface area (Å²) < 4.78 is 1.11. The van der Waals surface area contributed by atoms with Gasteiger partial charge < -0.3 is 5.11 Å². The SMILES string of the molecule is OC(Cc1cc(Br)cs1)c1cc2c(s1)CCSC2. The molecule has 3 heterocycles. The van der Waals surface area contributed by atoms with Crippen molar-refractivity contribution < 1.29 is 5.11 Å². The minimum absolute atomic E-state index is 0.351. The third-order valence-electron chi connectivity index (χ3n) is 2.99. The van der Waals surface area contributed by atoms with Gasteiger partial charge in [-0.3, -0.25) is 0 Å². The molecular formula is C13H13BrOS3. The molecule has 0 spiro atoms. The second-order valence-corrected chi connectivity index (χ2v) is 8.54. The van der Waals surface area contributed by atoms with E-state index in [0.29, 0.717) is 0 Å². The highest BCUT2D eigenvalue weighted by Crippen LogP contribution is 2.36. The largest absolute Gasteiger partial charge is 0.387 e. The molecule has 0 bridgehead atoms. The van der Waals surface area contributed by atoms with Crippen LogP contribution in [0.15, 0.2) is 22.0 Å². The highest BCUT2D eigenvalue weighted by molar-refractivity contribution is 9.10. The molecule has 96 valence electrons. The number of aryl methyl sites for hydroxylation is 1. The lowest BCUT2D eigenvalue weighted by molar-refractivity contribution is 0.183. The Bertz CT molecular complexity index is 523. The molecule has 1 atom stereocenters. The van der Waals surface area contributed by atoms with Gasteiger partial charge in [-0.15, -0.1) is 22.7 Å². The Morgan fingerprint density at radius 2 is 2.28 bits per heavy atom. The van der Waals surface area contributed by atoms with Gasteiger partial charge in [-0.05, 0) is 45.8 Å². The molecule has 3 rings (SSSR count). The van der Waals surface area contributed by atoms with Crippen LogP contribution < -0.4 is 0 Å². The third kappa shape index (κ3) is 2.85. The number of rotatable bonds is 3.